The normalized spacial score (nSPS) is 19.6. The van der Waals surface area contributed by atoms with Crippen LogP contribution in [0.15, 0.2) is 0 Å². The van der Waals surface area contributed by atoms with Crippen molar-refractivity contribution in [3.63, 3.8) is 0 Å². The van der Waals surface area contributed by atoms with Crippen molar-refractivity contribution < 1.29 is 14.2 Å². The maximum Gasteiger partial charge on any atom is 0.229 e. The molecule has 3 rings (SSSR count). The van der Waals surface area contributed by atoms with Crippen molar-refractivity contribution in [3.8, 4) is 0 Å². The lowest BCUT2D eigenvalue weighted by atomic mass is 10.2. The van der Waals surface area contributed by atoms with Gasteiger partial charge in [0.05, 0.1) is 32.5 Å². The van der Waals surface area contributed by atoms with Crippen LogP contribution in [0, 0.1) is 0 Å². The molecule has 0 bridgehead atoms. The molecule has 10 nitrogen and oxygen atoms in total. The molecule has 164 valence electrons. The third kappa shape index (κ3) is 8.25. The van der Waals surface area contributed by atoms with Crippen LogP contribution in [-0.2, 0) is 14.2 Å². The fourth-order valence-electron chi connectivity index (χ4n) is 3.50. The Balaban J connectivity index is 1.47. The van der Waals surface area contributed by atoms with Crippen LogP contribution < -0.4 is 21.7 Å². The highest BCUT2D eigenvalue weighted by Gasteiger charge is 2.18. The Labute approximate surface area is 172 Å². The summed E-state index contributed by atoms with van der Waals surface area (Å²) in [6, 6.07) is 0.438. The van der Waals surface area contributed by atoms with Crippen LogP contribution in [0.25, 0.3) is 0 Å². The minimum absolute atomic E-state index is 0.226. The molecule has 1 saturated heterocycles. The van der Waals surface area contributed by atoms with Crippen molar-refractivity contribution in [2.75, 3.05) is 68.6 Å². The summed E-state index contributed by atoms with van der Waals surface area (Å²) in [5.74, 6) is 1.72. The van der Waals surface area contributed by atoms with Crippen molar-refractivity contribution in [2.24, 2.45) is 5.73 Å². The van der Waals surface area contributed by atoms with E-state index in [1.807, 2.05) is 0 Å². The molecule has 5 N–H and O–H groups in total. The van der Waals surface area contributed by atoms with Crippen LogP contribution in [0.1, 0.15) is 38.5 Å². The lowest BCUT2D eigenvalue weighted by Crippen LogP contribution is -2.22. The fourth-order valence-corrected chi connectivity index (χ4v) is 3.50. The van der Waals surface area contributed by atoms with Crippen LogP contribution in [0.2, 0.25) is 0 Å². The number of nitrogens with two attached hydrogens (primary N) is 1. The number of ether oxygens (including phenoxy) is 3. The number of aromatic nitrogens is 3. The zero-order valence-electron chi connectivity index (χ0n) is 17.2. The average Bonchev–Trinajstić information content (AvgIpc) is 3.42. The van der Waals surface area contributed by atoms with E-state index in [-0.39, 0.29) is 6.10 Å². The highest BCUT2D eigenvalue weighted by Crippen LogP contribution is 2.21. The standard InChI is InChI=1S/C19H35N7O3/c20-7-10-27-12-13-28-11-8-21-17-24-18(22-14-16-6-3-9-29-16)26-19(25-17)23-15-4-1-2-5-15/h15-16H,1-14,20H2,(H3,21,22,23,24,25,26). The molecule has 2 fully saturated rings. The molecule has 2 heterocycles. The average molecular weight is 410 g/mol. The molecule has 0 aromatic carbocycles. The fraction of sp³-hybridized carbons (Fsp3) is 0.842. The van der Waals surface area contributed by atoms with Crippen LogP contribution >= 0.6 is 0 Å². The van der Waals surface area contributed by atoms with E-state index < -0.39 is 0 Å². The first-order valence-electron chi connectivity index (χ1n) is 10.8. The molecule has 10 heteroatoms. The first-order chi connectivity index (χ1) is 14.3. The Morgan fingerprint density at radius 2 is 1.59 bits per heavy atom. The molecule has 0 amide bonds. The lowest BCUT2D eigenvalue weighted by molar-refractivity contribution is 0.0547. The van der Waals surface area contributed by atoms with E-state index >= 15 is 0 Å². The number of anilines is 3. The summed E-state index contributed by atoms with van der Waals surface area (Å²) >= 11 is 0. The summed E-state index contributed by atoms with van der Waals surface area (Å²) in [7, 11) is 0. The van der Waals surface area contributed by atoms with E-state index in [4.69, 9.17) is 19.9 Å². The highest BCUT2D eigenvalue weighted by atomic mass is 16.5. The molecule has 1 aromatic rings. The predicted octanol–water partition coefficient (Wildman–Crippen LogP) is 1.22. The third-order valence-electron chi connectivity index (χ3n) is 5.00. The minimum atomic E-state index is 0.226. The molecular weight excluding hydrogens is 374 g/mol. The first kappa shape index (κ1) is 21.9. The molecule has 1 aromatic heterocycles. The van der Waals surface area contributed by atoms with Gasteiger partial charge >= 0.3 is 0 Å². The topological polar surface area (TPSA) is 128 Å². The minimum Gasteiger partial charge on any atom is -0.378 e. The Morgan fingerprint density at radius 3 is 2.31 bits per heavy atom. The van der Waals surface area contributed by atoms with E-state index in [1.165, 1.54) is 12.8 Å². The monoisotopic (exact) mass is 409 g/mol. The molecule has 29 heavy (non-hydrogen) atoms. The summed E-state index contributed by atoms with van der Waals surface area (Å²) in [4.78, 5) is 13.6. The maximum atomic E-state index is 5.67. The van der Waals surface area contributed by atoms with Crippen molar-refractivity contribution in [1.82, 2.24) is 15.0 Å². The van der Waals surface area contributed by atoms with Gasteiger partial charge < -0.3 is 35.9 Å². The highest BCUT2D eigenvalue weighted by molar-refractivity contribution is 5.42. The summed E-state index contributed by atoms with van der Waals surface area (Å²) in [6.07, 6.45) is 7.24. The van der Waals surface area contributed by atoms with Crippen LogP contribution in [0.4, 0.5) is 17.8 Å². The maximum absolute atomic E-state index is 5.67. The number of nitrogens with zero attached hydrogens (tertiary/aromatic N) is 3. The lowest BCUT2D eigenvalue weighted by Gasteiger charge is -2.15. The Morgan fingerprint density at radius 1 is 0.862 bits per heavy atom. The van der Waals surface area contributed by atoms with Gasteiger partial charge in [0.2, 0.25) is 17.8 Å². The van der Waals surface area contributed by atoms with Gasteiger partial charge in [0.15, 0.2) is 0 Å². The molecule has 1 unspecified atom stereocenters. The van der Waals surface area contributed by atoms with Gasteiger partial charge in [0.1, 0.15) is 0 Å². The molecule has 1 aliphatic carbocycles. The quantitative estimate of drug-likeness (QED) is 0.333. The Bertz CT molecular complexity index is 581. The molecule has 1 saturated carbocycles. The zero-order valence-corrected chi connectivity index (χ0v) is 17.2. The van der Waals surface area contributed by atoms with Gasteiger partial charge in [0, 0.05) is 32.3 Å². The first-order valence-corrected chi connectivity index (χ1v) is 10.8. The second kappa shape index (κ2) is 12.7. The molecule has 1 aliphatic heterocycles. The molecule has 1 atom stereocenters. The van der Waals surface area contributed by atoms with Crippen molar-refractivity contribution >= 4 is 17.8 Å². The summed E-state index contributed by atoms with van der Waals surface area (Å²) in [5.41, 5.74) is 5.38. The van der Waals surface area contributed by atoms with Gasteiger partial charge in [0.25, 0.3) is 0 Å². The van der Waals surface area contributed by atoms with Crippen molar-refractivity contribution in [2.45, 2.75) is 50.7 Å². The van der Waals surface area contributed by atoms with Gasteiger partial charge in [-0.25, -0.2) is 0 Å². The summed E-state index contributed by atoms with van der Waals surface area (Å²) < 4.78 is 16.5. The second-order valence-electron chi connectivity index (χ2n) is 7.39. The number of hydrogen-bond acceptors (Lipinski definition) is 10. The van der Waals surface area contributed by atoms with Gasteiger partial charge in [-0.3, -0.25) is 0 Å². The van der Waals surface area contributed by atoms with Gasteiger partial charge in [-0.1, -0.05) is 12.8 Å². The van der Waals surface area contributed by atoms with Gasteiger partial charge in [-0.15, -0.1) is 0 Å². The zero-order chi connectivity index (χ0) is 20.2. The largest absolute Gasteiger partial charge is 0.378 e. The van der Waals surface area contributed by atoms with E-state index in [0.717, 1.165) is 32.3 Å². The van der Waals surface area contributed by atoms with Gasteiger partial charge in [-0.2, -0.15) is 15.0 Å². The SMILES string of the molecule is NCCOCCOCCNc1nc(NCC2CCCO2)nc(NC2CCCC2)n1. The Hall–Kier alpha value is -1.75. The van der Waals surface area contributed by atoms with E-state index in [9.17, 15) is 0 Å². The van der Waals surface area contributed by atoms with E-state index in [0.29, 0.717) is 69.9 Å². The number of hydrogen-bond donors (Lipinski definition) is 4. The smallest absolute Gasteiger partial charge is 0.229 e. The van der Waals surface area contributed by atoms with Crippen molar-refractivity contribution in [3.05, 3.63) is 0 Å². The number of rotatable bonds is 14. The van der Waals surface area contributed by atoms with Gasteiger partial charge in [-0.05, 0) is 25.7 Å². The molecule has 2 aliphatic rings. The Kier molecular flexibility index (Phi) is 9.64. The predicted molar refractivity (Wildman–Crippen MR) is 112 cm³/mol. The van der Waals surface area contributed by atoms with Crippen LogP contribution in [-0.4, -0.2) is 79.8 Å². The van der Waals surface area contributed by atoms with E-state index in [2.05, 4.69) is 30.9 Å². The molecular formula is C19H35N7O3. The number of nitrogens with one attached hydrogen (secondary N) is 3. The van der Waals surface area contributed by atoms with E-state index in [1.54, 1.807) is 0 Å². The summed E-state index contributed by atoms with van der Waals surface area (Å²) in [6.45, 7) is 4.88. The van der Waals surface area contributed by atoms with Crippen molar-refractivity contribution in [1.29, 1.82) is 0 Å². The third-order valence-corrected chi connectivity index (χ3v) is 5.00. The molecule has 0 radical (unpaired) electrons. The van der Waals surface area contributed by atoms with Crippen LogP contribution in [0.5, 0.6) is 0 Å². The van der Waals surface area contributed by atoms with Crippen LogP contribution in [0.3, 0.4) is 0 Å². The molecule has 0 spiro atoms. The summed E-state index contributed by atoms with van der Waals surface area (Å²) in [5, 5.41) is 9.97. The second-order valence-corrected chi connectivity index (χ2v) is 7.39.